The highest BCUT2D eigenvalue weighted by atomic mass is 16.3. The van der Waals surface area contributed by atoms with E-state index in [1.165, 1.54) is 9.13 Å². The lowest BCUT2D eigenvalue weighted by molar-refractivity contribution is -0.143. The topological polar surface area (TPSA) is 114 Å². The van der Waals surface area contributed by atoms with Crippen LogP contribution in [0.1, 0.15) is 18.0 Å². The molecule has 1 fully saturated rings. The van der Waals surface area contributed by atoms with Crippen LogP contribution in [0.15, 0.2) is 23.0 Å². The largest absolute Gasteiger partial charge is 0.384 e. The van der Waals surface area contributed by atoms with Gasteiger partial charge in [-0.25, -0.2) is 4.79 Å². The van der Waals surface area contributed by atoms with Crippen molar-refractivity contribution < 1.29 is 19.8 Å². The molecule has 0 radical (unpaired) electrons. The number of aromatic nitrogens is 2. The summed E-state index contributed by atoms with van der Waals surface area (Å²) in [4.78, 5) is 36.2. The highest BCUT2D eigenvalue weighted by Crippen LogP contribution is 2.24. The van der Waals surface area contributed by atoms with Crippen molar-refractivity contribution in [2.75, 3.05) is 6.61 Å². The summed E-state index contributed by atoms with van der Waals surface area (Å²) in [5.41, 5.74) is 1.06. The average molecular weight is 329 g/mol. The lowest BCUT2D eigenvalue weighted by Crippen LogP contribution is -2.51. The Bertz CT molecular complexity index is 960. The minimum absolute atomic E-state index is 0.170. The molecule has 24 heavy (non-hydrogen) atoms. The molecule has 2 unspecified atom stereocenters. The smallest absolute Gasteiger partial charge is 0.329 e. The van der Waals surface area contributed by atoms with E-state index in [-0.39, 0.29) is 13.0 Å². The monoisotopic (exact) mass is 329 g/mol. The summed E-state index contributed by atoms with van der Waals surface area (Å²) in [6, 6.07) is 4.06. The zero-order chi connectivity index (χ0) is 17.4. The summed E-state index contributed by atoms with van der Waals surface area (Å²) >= 11 is 0. The number of rotatable bonds is 1. The maximum Gasteiger partial charge on any atom is 0.329 e. The van der Waals surface area contributed by atoms with Gasteiger partial charge in [-0.1, -0.05) is 17.9 Å². The third kappa shape index (κ3) is 2.40. The number of aryl methyl sites for hydroxylation is 1. The van der Waals surface area contributed by atoms with Crippen LogP contribution in [-0.4, -0.2) is 43.9 Å². The molecule has 8 heteroatoms. The molecule has 3 rings (SSSR count). The number of hydrogen-bond acceptors (Lipinski definition) is 5. The highest BCUT2D eigenvalue weighted by molar-refractivity contribution is 6.02. The first-order chi connectivity index (χ1) is 11.5. The van der Waals surface area contributed by atoms with Crippen molar-refractivity contribution in [1.82, 2.24) is 14.5 Å². The molecule has 124 valence electrons. The van der Waals surface area contributed by atoms with Gasteiger partial charge in [0.15, 0.2) is 0 Å². The second kappa shape index (κ2) is 5.96. The summed E-state index contributed by atoms with van der Waals surface area (Å²) in [7, 11) is 1.55. The van der Waals surface area contributed by atoms with Gasteiger partial charge in [0.25, 0.3) is 5.91 Å². The number of nitrogens with one attached hydrogen (secondary N) is 1. The first-order valence-electron chi connectivity index (χ1n) is 7.28. The Kier molecular flexibility index (Phi) is 3.97. The maximum atomic E-state index is 12.6. The number of nitrogens with zero attached hydrogens (tertiary/aromatic N) is 2. The number of para-hydroxylation sites is 1. The van der Waals surface area contributed by atoms with E-state index in [0.29, 0.717) is 16.6 Å². The van der Waals surface area contributed by atoms with E-state index in [1.807, 2.05) is 0 Å². The maximum absolute atomic E-state index is 12.6. The fourth-order valence-electron chi connectivity index (χ4n) is 2.91. The van der Waals surface area contributed by atoms with Gasteiger partial charge in [0.05, 0.1) is 16.6 Å². The number of imidazole rings is 1. The molecule has 0 saturated carbocycles. The van der Waals surface area contributed by atoms with Gasteiger partial charge in [0.2, 0.25) is 5.91 Å². The van der Waals surface area contributed by atoms with Crippen molar-refractivity contribution in [2.24, 2.45) is 7.05 Å². The van der Waals surface area contributed by atoms with Crippen molar-refractivity contribution in [3.8, 4) is 11.8 Å². The quantitative estimate of drug-likeness (QED) is 0.441. The Balaban J connectivity index is 2.23. The molecule has 0 spiro atoms. The Hall–Kier alpha value is -2.89. The fourth-order valence-corrected chi connectivity index (χ4v) is 2.91. The standard InChI is InChI=1S/C16H15N3O5/c1-18-13-9(5-3-7-20)4-2-6-10(13)19(16(18)24)11-8-12(21)15(23)17-14(11)22/h2,4,6,11-12,20-21H,7-8H2,1H3,(H,17,22,23). The number of carbonyl (C=O) groups is 2. The van der Waals surface area contributed by atoms with Gasteiger partial charge < -0.3 is 10.2 Å². The molecule has 2 heterocycles. The molecule has 2 aromatic rings. The number of fused-ring (bicyclic) bond motifs is 1. The minimum Gasteiger partial charge on any atom is -0.384 e. The third-order valence-electron chi connectivity index (χ3n) is 4.01. The summed E-state index contributed by atoms with van der Waals surface area (Å²) in [5.74, 6) is 3.90. The average Bonchev–Trinajstić information content (AvgIpc) is 2.81. The van der Waals surface area contributed by atoms with Crippen LogP contribution in [-0.2, 0) is 16.6 Å². The Morgan fingerprint density at radius 3 is 2.75 bits per heavy atom. The summed E-state index contributed by atoms with van der Waals surface area (Å²) in [6.07, 6.45) is -1.52. The van der Waals surface area contributed by atoms with Crippen LogP contribution in [0.3, 0.4) is 0 Å². The molecule has 2 amide bonds. The van der Waals surface area contributed by atoms with Crippen LogP contribution in [0, 0.1) is 11.8 Å². The van der Waals surface area contributed by atoms with E-state index in [9.17, 15) is 19.5 Å². The van der Waals surface area contributed by atoms with Crippen molar-refractivity contribution in [1.29, 1.82) is 0 Å². The molecule has 2 atom stereocenters. The molecule has 1 aliphatic heterocycles. The molecule has 3 N–H and O–H groups in total. The molecule has 0 aliphatic carbocycles. The summed E-state index contributed by atoms with van der Waals surface area (Å²) < 4.78 is 2.61. The summed E-state index contributed by atoms with van der Waals surface area (Å²) in [6.45, 7) is -0.315. The second-order valence-electron chi connectivity index (χ2n) is 5.47. The molecular weight excluding hydrogens is 314 g/mol. The fraction of sp³-hybridized carbons (Fsp3) is 0.312. The van der Waals surface area contributed by atoms with Crippen LogP contribution in [0.25, 0.3) is 11.0 Å². The zero-order valence-electron chi connectivity index (χ0n) is 12.8. The SMILES string of the molecule is Cn1c(=O)n(C2CC(O)C(=O)NC2=O)c2cccc(C#CCO)c21. The lowest BCUT2D eigenvalue weighted by atomic mass is 10.0. The Morgan fingerprint density at radius 1 is 1.29 bits per heavy atom. The molecule has 8 nitrogen and oxygen atoms in total. The molecule has 1 aromatic carbocycles. The molecule has 1 aliphatic rings. The molecular formula is C16H15N3O5. The number of hydrogen-bond donors (Lipinski definition) is 3. The molecule has 1 saturated heterocycles. The predicted octanol–water partition coefficient (Wildman–Crippen LogP) is -1.37. The van der Waals surface area contributed by atoms with Crippen LogP contribution in [0.4, 0.5) is 0 Å². The Labute approximate surface area is 136 Å². The van der Waals surface area contributed by atoms with Crippen molar-refractivity contribution >= 4 is 22.8 Å². The lowest BCUT2D eigenvalue weighted by Gasteiger charge is -2.25. The van der Waals surface area contributed by atoms with Crippen LogP contribution >= 0.6 is 0 Å². The molecule has 0 bridgehead atoms. The van der Waals surface area contributed by atoms with Crippen molar-refractivity contribution in [2.45, 2.75) is 18.6 Å². The van der Waals surface area contributed by atoms with E-state index in [2.05, 4.69) is 17.2 Å². The van der Waals surface area contributed by atoms with Gasteiger partial charge in [-0.15, -0.1) is 0 Å². The van der Waals surface area contributed by atoms with Crippen LogP contribution in [0.2, 0.25) is 0 Å². The molecule has 1 aromatic heterocycles. The van der Waals surface area contributed by atoms with Gasteiger partial charge >= 0.3 is 5.69 Å². The van der Waals surface area contributed by atoms with Crippen LogP contribution < -0.4 is 11.0 Å². The normalized spacial score (nSPS) is 20.6. The van der Waals surface area contributed by atoms with Gasteiger partial charge in [0, 0.05) is 13.5 Å². The predicted molar refractivity (Wildman–Crippen MR) is 84.0 cm³/mol. The van der Waals surface area contributed by atoms with E-state index < -0.39 is 29.6 Å². The number of imide groups is 1. The first-order valence-corrected chi connectivity index (χ1v) is 7.28. The van der Waals surface area contributed by atoms with Crippen molar-refractivity contribution in [3.05, 3.63) is 34.2 Å². The van der Waals surface area contributed by atoms with Gasteiger partial charge in [-0.05, 0) is 12.1 Å². The van der Waals surface area contributed by atoms with Crippen molar-refractivity contribution in [3.63, 3.8) is 0 Å². The highest BCUT2D eigenvalue weighted by Gasteiger charge is 2.36. The van der Waals surface area contributed by atoms with Crippen LogP contribution in [0.5, 0.6) is 0 Å². The zero-order valence-corrected chi connectivity index (χ0v) is 12.8. The van der Waals surface area contributed by atoms with Gasteiger partial charge in [-0.2, -0.15) is 0 Å². The van der Waals surface area contributed by atoms with E-state index >= 15 is 0 Å². The first kappa shape index (κ1) is 16.0. The van der Waals surface area contributed by atoms with Gasteiger partial charge in [0.1, 0.15) is 18.8 Å². The Morgan fingerprint density at radius 2 is 2.04 bits per heavy atom. The van der Waals surface area contributed by atoms with E-state index in [0.717, 1.165) is 0 Å². The summed E-state index contributed by atoms with van der Waals surface area (Å²) in [5, 5.41) is 20.7. The third-order valence-corrected chi connectivity index (χ3v) is 4.01. The number of piperidine rings is 1. The van der Waals surface area contributed by atoms with E-state index in [4.69, 9.17) is 5.11 Å². The number of aliphatic hydroxyl groups is 2. The number of aliphatic hydroxyl groups excluding tert-OH is 2. The van der Waals surface area contributed by atoms with E-state index in [1.54, 1.807) is 25.2 Å². The second-order valence-corrected chi connectivity index (χ2v) is 5.47. The number of carbonyl (C=O) groups excluding carboxylic acids is 2. The number of amides is 2. The number of benzene rings is 1. The minimum atomic E-state index is -1.35. The van der Waals surface area contributed by atoms with Gasteiger partial charge in [-0.3, -0.25) is 24.0 Å².